The number of hydrogen-bond acceptors (Lipinski definition) is 6. The van der Waals surface area contributed by atoms with Crippen LogP contribution in [0.15, 0.2) is 41.1 Å². The number of benzene rings is 1. The van der Waals surface area contributed by atoms with Gasteiger partial charge in [-0.25, -0.2) is 4.98 Å². The summed E-state index contributed by atoms with van der Waals surface area (Å²) in [4.78, 5) is 5.54. The van der Waals surface area contributed by atoms with E-state index >= 15 is 0 Å². The molecule has 5 nitrogen and oxygen atoms in total. The van der Waals surface area contributed by atoms with Crippen LogP contribution in [0.3, 0.4) is 0 Å². The molecule has 1 aromatic carbocycles. The lowest BCUT2D eigenvalue weighted by Gasteiger charge is -2.39. The van der Waals surface area contributed by atoms with Crippen molar-refractivity contribution in [1.29, 1.82) is 0 Å². The van der Waals surface area contributed by atoms with Crippen LogP contribution in [0.25, 0.3) is 10.6 Å². The molecule has 0 radical (unpaired) electrons. The van der Waals surface area contributed by atoms with Crippen LogP contribution in [0, 0.1) is 12.3 Å². The van der Waals surface area contributed by atoms with Crippen LogP contribution in [0.2, 0.25) is 0 Å². The third-order valence-electron chi connectivity index (χ3n) is 5.51. The molecule has 3 aromatic rings. The van der Waals surface area contributed by atoms with Crippen molar-refractivity contribution in [3.8, 4) is 23.0 Å². The van der Waals surface area contributed by atoms with Crippen molar-refractivity contribution in [1.82, 2.24) is 4.98 Å². The molecule has 0 saturated carbocycles. The number of thiazole rings is 1. The minimum atomic E-state index is -0.892. The predicted octanol–water partition coefficient (Wildman–Crippen LogP) is 4.22. The number of rotatable bonds is 3. The lowest BCUT2D eigenvalue weighted by atomic mass is 9.89. The van der Waals surface area contributed by atoms with Crippen LogP contribution in [0.5, 0.6) is 0 Å². The standard InChI is InChI=1S/C23H21NO4S/c1-3-15-8-17-13-27-23(11-18(25)7-14(2)28-23)19(17)9-16(15)10-22-24-12-21(29-22)20-5-4-6-26-20/h1,4-6,8-9,12,14,18,25H,7,10-11,13H2,2H3/t14?,18?,23-/m1/s1. The summed E-state index contributed by atoms with van der Waals surface area (Å²) in [6.45, 7) is 2.40. The van der Waals surface area contributed by atoms with Crippen LogP contribution in [0.1, 0.15) is 47.0 Å². The zero-order valence-corrected chi connectivity index (χ0v) is 16.9. The maximum absolute atomic E-state index is 10.3. The Morgan fingerprint density at radius 1 is 1.41 bits per heavy atom. The number of aliphatic hydroxyl groups excluding tert-OH is 1. The quantitative estimate of drug-likeness (QED) is 0.659. The van der Waals surface area contributed by atoms with Gasteiger partial charge in [0.2, 0.25) is 0 Å². The summed E-state index contributed by atoms with van der Waals surface area (Å²) in [7, 11) is 0. The molecule has 148 valence electrons. The van der Waals surface area contributed by atoms with Gasteiger partial charge >= 0.3 is 0 Å². The van der Waals surface area contributed by atoms with Gasteiger partial charge in [0.05, 0.1) is 35.0 Å². The monoisotopic (exact) mass is 407 g/mol. The maximum Gasteiger partial charge on any atom is 0.198 e. The van der Waals surface area contributed by atoms with E-state index < -0.39 is 11.9 Å². The van der Waals surface area contributed by atoms with Gasteiger partial charge in [-0.2, -0.15) is 0 Å². The van der Waals surface area contributed by atoms with Gasteiger partial charge in [-0.05, 0) is 48.7 Å². The summed E-state index contributed by atoms with van der Waals surface area (Å²) >= 11 is 1.59. The second-order valence-corrected chi connectivity index (χ2v) is 8.76. The minimum absolute atomic E-state index is 0.0738. The molecular formula is C23H21NO4S. The molecule has 6 heteroatoms. The third-order valence-corrected chi connectivity index (χ3v) is 6.53. The van der Waals surface area contributed by atoms with Crippen LogP contribution >= 0.6 is 11.3 Å². The Hall–Kier alpha value is -2.43. The van der Waals surface area contributed by atoms with Gasteiger partial charge in [-0.15, -0.1) is 17.8 Å². The summed E-state index contributed by atoms with van der Waals surface area (Å²) in [5, 5.41) is 11.3. The van der Waals surface area contributed by atoms with Crippen molar-refractivity contribution in [2.24, 2.45) is 0 Å². The molecule has 2 aromatic heterocycles. The van der Waals surface area contributed by atoms with Crippen LogP contribution in [-0.2, 0) is 28.3 Å². The number of hydrogen-bond donors (Lipinski definition) is 1. The van der Waals surface area contributed by atoms with E-state index in [1.54, 1.807) is 17.6 Å². The molecule has 29 heavy (non-hydrogen) atoms. The summed E-state index contributed by atoms with van der Waals surface area (Å²) in [6, 6.07) is 7.88. The second kappa shape index (κ2) is 7.12. The maximum atomic E-state index is 10.3. The Balaban J connectivity index is 1.50. The first-order chi connectivity index (χ1) is 14.1. The van der Waals surface area contributed by atoms with Crippen molar-refractivity contribution in [3.05, 3.63) is 64.0 Å². The summed E-state index contributed by atoms with van der Waals surface area (Å²) < 4.78 is 17.7. The van der Waals surface area contributed by atoms with Crippen molar-refractivity contribution >= 4 is 11.3 Å². The molecule has 0 bridgehead atoms. The van der Waals surface area contributed by atoms with Gasteiger partial charge in [0.1, 0.15) is 5.76 Å². The molecule has 1 N–H and O–H groups in total. The number of aliphatic hydroxyl groups is 1. The number of fused-ring (bicyclic) bond motifs is 2. The molecule has 0 amide bonds. The van der Waals surface area contributed by atoms with E-state index in [-0.39, 0.29) is 6.10 Å². The molecule has 1 spiro atoms. The largest absolute Gasteiger partial charge is 0.463 e. The van der Waals surface area contributed by atoms with E-state index in [9.17, 15) is 5.11 Å². The molecular weight excluding hydrogens is 386 g/mol. The van der Waals surface area contributed by atoms with Gasteiger partial charge in [0.15, 0.2) is 5.79 Å². The minimum Gasteiger partial charge on any atom is -0.463 e. The van der Waals surface area contributed by atoms with Crippen molar-refractivity contribution in [2.45, 2.75) is 50.8 Å². The van der Waals surface area contributed by atoms with Gasteiger partial charge < -0.3 is 19.0 Å². The van der Waals surface area contributed by atoms with E-state index in [1.807, 2.05) is 31.3 Å². The van der Waals surface area contributed by atoms with Gasteiger partial charge in [0, 0.05) is 30.2 Å². The number of aromatic nitrogens is 1. The fourth-order valence-electron chi connectivity index (χ4n) is 4.27. The summed E-state index contributed by atoms with van der Waals surface area (Å²) in [5.41, 5.74) is 3.84. The van der Waals surface area contributed by atoms with E-state index in [4.69, 9.17) is 20.3 Å². The number of ether oxygens (including phenoxy) is 2. The molecule has 1 fully saturated rings. The topological polar surface area (TPSA) is 64.7 Å². The lowest BCUT2D eigenvalue weighted by Crippen LogP contribution is -2.43. The van der Waals surface area contributed by atoms with Crippen molar-refractivity contribution in [3.63, 3.8) is 0 Å². The predicted molar refractivity (Wildman–Crippen MR) is 109 cm³/mol. The molecule has 2 aliphatic rings. The zero-order chi connectivity index (χ0) is 20.0. The highest BCUT2D eigenvalue weighted by Gasteiger charge is 2.47. The zero-order valence-electron chi connectivity index (χ0n) is 16.1. The number of nitrogens with zero attached hydrogens (tertiary/aromatic N) is 1. The number of furan rings is 1. The Morgan fingerprint density at radius 2 is 2.31 bits per heavy atom. The Morgan fingerprint density at radius 3 is 3.07 bits per heavy atom. The SMILES string of the molecule is C#Cc1cc2c(cc1Cc1ncc(-c3ccco3)s1)[C@]1(CC(O)CC(C)O1)OC2. The van der Waals surface area contributed by atoms with Crippen LogP contribution < -0.4 is 0 Å². The van der Waals surface area contributed by atoms with Crippen molar-refractivity contribution in [2.75, 3.05) is 0 Å². The van der Waals surface area contributed by atoms with E-state index in [0.29, 0.717) is 25.9 Å². The average Bonchev–Trinajstić information content (AvgIpc) is 3.42. The van der Waals surface area contributed by atoms with Crippen molar-refractivity contribution < 1.29 is 19.0 Å². The fraction of sp³-hybridized carbons (Fsp3) is 0.348. The Labute approximate surface area is 173 Å². The van der Waals surface area contributed by atoms with Crippen LogP contribution in [-0.4, -0.2) is 22.3 Å². The van der Waals surface area contributed by atoms with E-state index in [0.717, 1.165) is 37.9 Å². The smallest absolute Gasteiger partial charge is 0.198 e. The molecule has 2 unspecified atom stereocenters. The first-order valence-electron chi connectivity index (χ1n) is 9.67. The molecule has 3 atom stereocenters. The molecule has 5 rings (SSSR count). The summed E-state index contributed by atoms with van der Waals surface area (Å²) in [6.07, 6.45) is 10.4. The molecule has 4 heterocycles. The molecule has 2 aliphatic heterocycles. The fourth-order valence-corrected chi connectivity index (χ4v) is 5.18. The van der Waals surface area contributed by atoms with Crippen LogP contribution in [0.4, 0.5) is 0 Å². The highest BCUT2D eigenvalue weighted by molar-refractivity contribution is 7.15. The van der Waals surface area contributed by atoms with E-state index in [1.165, 1.54) is 0 Å². The normalized spacial score (nSPS) is 25.8. The third kappa shape index (κ3) is 3.30. The average molecular weight is 407 g/mol. The number of terminal acetylenes is 1. The first kappa shape index (κ1) is 18.6. The highest BCUT2D eigenvalue weighted by atomic mass is 32.1. The van der Waals surface area contributed by atoms with Gasteiger partial charge in [0.25, 0.3) is 0 Å². The Kier molecular flexibility index (Phi) is 4.56. The Bertz CT molecular complexity index is 1070. The van der Waals surface area contributed by atoms with Gasteiger partial charge in [-0.1, -0.05) is 5.92 Å². The summed E-state index contributed by atoms with van der Waals surface area (Å²) in [5.74, 6) is 2.72. The highest BCUT2D eigenvalue weighted by Crippen LogP contribution is 2.46. The van der Waals surface area contributed by atoms with Gasteiger partial charge in [-0.3, -0.25) is 0 Å². The second-order valence-electron chi connectivity index (χ2n) is 7.65. The molecule has 0 aliphatic carbocycles. The molecule has 1 saturated heterocycles. The lowest BCUT2D eigenvalue weighted by molar-refractivity contribution is -0.295. The van der Waals surface area contributed by atoms with E-state index in [2.05, 4.69) is 17.0 Å². The first-order valence-corrected chi connectivity index (χ1v) is 10.5.